The Hall–Kier alpha value is -2.05. The Labute approximate surface area is 141 Å². The number of fused-ring (bicyclic) bond motifs is 3. The van der Waals surface area contributed by atoms with Crippen LogP contribution in [0.25, 0.3) is 16.6 Å². The SMILES string of the molecule is Cc1nc(Sc2nc3c(Cl)c(C)nn3c3ccccc23)oc1C. The van der Waals surface area contributed by atoms with Crippen LogP contribution in [0.4, 0.5) is 0 Å². The van der Waals surface area contributed by atoms with Gasteiger partial charge in [0.05, 0.1) is 16.9 Å². The highest BCUT2D eigenvalue weighted by atomic mass is 35.5. The second-order valence-corrected chi connectivity index (χ2v) is 6.61. The Morgan fingerprint density at radius 1 is 1.09 bits per heavy atom. The lowest BCUT2D eigenvalue weighted by Crippen LogP contribution is -1.95. The normalized spacial score (nSPS) is 11.7. The largest absolute Gasteiger partial charge is 0.436 e. The molecule has 116 valence electrons. The van der Waals surface area contributed by atoms with Gasteiger partial charge in [0.15, 0.2) is 5.65 Å². The third kappa shape index (κ3) is 2.29. The van der Waals surface area contributed by atoms with E-state index in [0.717, 1.165) is 33.1 Å². The number of benzene rings is 1. The summed E-state index contributed by atoms with van der Waals surface area (Å²) in [7, 11) is 0. The fraction of sp³-hybridized carbons (Fsp3) is 0.188. The number of aryl methyl sites for hydroxylation is 3. The third-order valence-electron chi connectivity index (χ3n) is 3.73. The van der Waals surface area contributed by atoms with Crippen molar-refractivity contribution in [3.63, 3.8) is 0 Å². The fourth-order valence-corrected chi connectivity index (χ4v) is 3.49. The average Bonchev–Trinajstić information content (AvgIpc) is 3.00. The van der Waals surface area contributed by atoms with Crippen molar-refractivity contribution in [2.24, 2.45) is 0 Å². The number of oxazole rings is 1. The first-order chi connectivity index (χ1) is 11.0. The van der Waals surface area contributed by atoms with Crippen molar-refractivity contribution in [1.82, 2.24) is 19.6 Å². The first-order valence-corrected chi connectivity index (χ1v) is 8.29. The molecular weight excluding hydrogens is 332 g/mol. The zero-order chi connectivity index (χ0) is 16.1. The Morgan fingerprint density at radius 2 is 1.87 bits per heavy atom. The summed E-state index contributed by atoms with van der Waals surface area (Å²) >= 11 is 7.75. The molecule has 4 aromatic rings. The van der Waals surface area contributed by atoms with E-state index in [1.807, 2.05) is 45.0 Å². The highest BCUT2D eigenvalue weighted by Gasteiger charge is 2.17. The van der Waals surface area contributed by atoms with E-state index >= 15 is 0 Å². The van der Waals surface area contributed by atoms with Crippen LogP contribution in [-0.2, 0) is 0 Å². The molecule has 0 aliphatic heterocycles. The first kappa shape index (κ1) is 14.5. The van der Waals surface area contributed by atoms with Crippen molar-refractivity contribution in [2.75, 3.05) is 0 Å². The van der Waals surface area contributed by atoms with Crippen LogP contribution in [0.15, 0.2) is 38.9 Å². The molecule has 0 amide bonds. The first-order valence-electron chi connectivity index (χ1n) is 7.10. The Morgan fingerprint density at radius 3 is 2.61 bits per heavy atom. The van der Waals surface area contributed by atoms with Crippen molar-refractivity contribution in [3.8, 4) is 0 Å². The van der Waals surface area contributed by atoms with Crippen LogP contribution in [0.2, 0.25) is 5.02 Å². The number of para-hydroxylation sites is 1. The maximum absolute atomic E-state index is 6.35. The molecule has 0 fully saturated rings. The zero-order valence-corrected chi connectivity index (χ0v) is 14.4. The minimum atomic E-state index is 0.567. The summed E-state index contributed by atoms with van der Waals surface area (Å²) < 4.78 is 7.45. The van der Waals surface area contributed by atoms with Crippen LogP contribution in [0.1, 0.15) is 17.1 Å². The molecular formula is C16H13ClN4OS. The molecule has 0 N–H and O–H groups in total. The van der Waals surface area contributed by atoms with Gasteiger partial charge in [0.25, 0.3) is 5.22 Å². The molecule has 7 heteroatoms. The predicted octanol–water partition coefficient (Wildman–Crippen LogP) is 4.60. The summed E-state index contributed by atoms with van der Waals surface area (Å²) in [5, 5.41) is 7.41. The van der Waals surface area contributed by atoms with E-state index in [0.29, 0.717) is 15.9 Å². The molecule has 3 aromatic heterocycles. The van der Waals surface area contributed by atoms with E-state index in [9.17, 15) is 0 Å². The molecule has 5 nitrogen and oxygen atoms in total. The van der Waals surface area contributed by atoms with E-state index in [2.05, 4.69) is 15.1 Å². The molecule has 1 aromatic carbocycles. The van der Waals surface area contributed by atoms with E-state index < -0.39 is 0 Å². The van der Waals surface area contributed by atoms with Crippen LogP contribution in [-0.4, -0.2) is 19.6 Å². The average molecular weight is 345 g/mol. The monoisotopic (exact) mass is 344 g/mol. The summed E-state index contributed by atoms with van der Waals surface area (Å²) in [4.78, 5) is 9.11. The molecule has 0 saturated carbocycles. The van der Waals surface area contributed by atoms with Crippen molar-refractivity contribution in [3.05, 3.63) is 46.4 Å². The summed E-state index contributed by atoms with van der Waals surface area (Å²) in [5.74, 6) is 0.816. The summed E-state index contributed by atoms with van der Waals surface area (Å²) in [6, 6.07) is 7.96. The molecule has 23 heavy (non-hydrogen) atoms. The molecule has 0 radical (unpaired) electrons. The van der Waals surface area contributed by atoms with Gasteiger partial charge in [0, 0.05) is 5.39 Å². The zero-order valence-electron chi connectivity index (χ0n) is 12.8. The molecule has 0 spiro atoms. The van der Waals surface area contributed by atoms with Crippen molar-refractivity contribution in [2.45, 2.75) is 31.0 Å². The number of hydrogen-bond acceptors (Lipinski definition) is 5. The smallest absolute Gasteiger partial charge is 0.262 e. The van der Waals surface area contributed by atoms with Gasteiger partial charge in [-0.2, -0.15) is 5.10 Å². The van der Waals surface area contributed by atoms with Gasteiger partial charge < -0.3 is 4.42 Å². The molecule has 0 atom stereocenters. The molecule has 0 unspecified atom stereocenters. The Balaban J connectivity index is 1.98. The molecule has 3 heterocycles. The molecule has 4 rings (SSSR count). The van der Waals surface area contributed by atoms with Crippen LogP contribution in [0.3, 0.4) is 0 Å². The lowest BCUT2D eigenvalue weighted by Gasteiger charge is -2.05. The molecule has 0 aliphatic carbocycles. The predicted molar refractivity (Wildman–Crippen MR) is 90.3 cm³/mol. The van der Waals surface area contributed by atoms with E-state index in [1.54, 1.807) is 4.52 Å². The standard InChI is InChI=1S/C16H13ClN4OS/c1-8-10(3)22-16(18-8)23-15-11-6-4-5-7-12(11)21-14(19-15)13(17)9(2)20-21/h4-7H,1-3H3. The van der Waals surface area contributed by atoms with Gasteiger partial charge in [-0.3, -0.25) is 0 Å². The van der Waals surface area contributed by atoms with Crippen molar-refractivity contribution < 1.29 is 4.42 Å². The van der Waals surface area contributed by atoms with Gasteiger partial charge in [-0.1, -0.05) is 29.8 Å². The van der Waals surface area contributed by atoms with Gasteiger partial charge >= 0.3 is 0 Å². The summed E-state index contributed by atoms with van der Waals surface area (Å²) in [6.07, 6.45) is 0. The number of hydrogen-bond donors (Lipinski definition) is 0. The lowest BCUT2D eigenvalue weighted by molar-refractivity contribution is 0.431. The van der Waals surface area contributed by atoms with E-state index in [4.69, 9.17) is 16.0 Å². The highest BCUT2D eigenvalue weighted by Crippen LogP contribution is 2.34. The fourth-order valence-electron chi connectivity index (χ4n) is 2.40. The minimum Gasteiger partial charge on any atom is -0.436 e. The molecule has 0 aliphatic rings. The Kier molecular flexibility index (Phi) is 3.32. The van der Waals surface area contributed by atoms with Gasteiger partial charge in [0.1, 0.15) is 15.8 Å². The number of aromatic nitrogens is 4. The second-order valence-electron chi connectivity index (χ2n) is 5.29. The maximum atomic E-state index is 6.35. The van der Waals surface area contributed by atoms with Gasteiger partial charge in [0.2, 0.25) is 0 Å². The molecule has 0 bridgehead atoms. The summed E-state index contributed by atoms with van der Waals surface area (Å²) in [6.45, 7) is 5.70. The lowest BCUT2D eigenvalue weighted by atomic mass is 10.2. The van der Waals surface area contributed by atoms with Crippen LogP contribution in [0, 0.1) is 20.8 Å². The Bertz CT molecular complexity index is 1030. The highest BCUT2D eigenvalue weighted by molar-refractivity contribution is 7.99. The van der Waals surface area contributed by atoms with E-state index in [-0.39, 0.29) is 0 Å². The number of rotatable bonds is 2. The van der Waals surface area contributed by atoms with Crippen molar-refractivity contribution in [1.29, 1.82) is 0 Å². The van der Waals surface area contributed by atoms with Gasteiger partial charge in [-0.25, -0.2) is 14.5 Å². The quantitative estimate of drug-likeness (QED) is 0.497. The van der Waals surface area contributed by atoms with Crippen LogP contribution >= 0.6 is 23.4 Å². The number of nitrogens with zero attached hydrogens (tertiary/aromatic N) is 4. The number of halogens is 1. The second kappa shape index (κ2) is 5.25. The summed E-state index contributed by atoms with van der Waals surface area (Å²) in [5.41, 5.74) is 3.24. The topological polar surface area (TPSA) is 56.2 Å². The minimum absolute atomic E-state index is 0.567. The van der Waals surface area contributed by atoms with Crippen molar-refractivity contribution >= 4 is 39.9 Å². The maximum Gasteiger partial charge on any atom is 0.262 e. The van der Waals surface area contributed by atoms with Crippen LogP contribution < -0.4 is 0 Å². The third-order valence-corrected chi connectivity index (χ3v) is 5.02. The van der Waals surface area contributed by atoms with E-state index in [1.165, 1.54) is 11.8 Å². The van der Waals surface area contributed by atoms with Gasteiger partial charge in [-0.05, 0) is 38.6 Å². The molecule has 0 saturated heterocycles. The van der Waals surface area contributed by atoms with Gasteiger partial charge in [-0.15, -0.1) is 0 Å². The van der Waals surface area contributed by atoms with Crippen LogP contribution in [0.5, 0.6) is 0 Å².